The van der Waals surface area contributed by atoms with E-state index < -0.39 is 0 Å². The molecule has 1 fully saturated rings. The van der Waals surface area contributed by atoms with Gasteiger partial charge in [0.2, 0.25) is 0 Å². The lowest BCUT2D eigenvalue weighted by molar-refractivity contribution is 0.676. The third-order valence-corrected chi connectivity index (χ3v) is 6.00. The molecule has 0 amide bonds. The van der Waals surface area contributed by atoms with Crippen LogP contribution in [0.15, 0.2) is 0 Å². The highest BCUT2D eigenvalue weighted by atomic mass is 32.2. The summed E-state index contributed by atoms with van der Waals surface area (Å²) in [6.45, 7) is 11.0. The van der Waals surface area contributed by atoms with Crippen LogP contribution < -0.4 is 10.2 Å². The van der Waals surface area contributed by atoms with Gasteiger partial charge in [0.25, 0.3) is 0 Å². The number of nitrogens with zero attached hydrogens (tertiary/aromatic N) is 2. The predicted octanol–water partition coefficient (Wildman–Crippen LogP) is 3.71. The molecule has 1 aromatic rings. The number of thiazole rings is 1. The van der Waals surface area contributed by atoms with Crippen LogP contribution in [0.5, 0.6) is 0 Å². The molecule has 1 aliphatic rings. The van der Waals surface area contributed by atoms with Gasteiger partial charge in [-0.15, -0.1) is 11.3 Å². The van der Waals surface area contributed by atoms with E-state index in [-0.39, 0.29) is 0 Å². The Morgan fingerprint density at radius 1 is 1.30 bits per heavy atom. The third-order valence-electron chi connectivity index (χ3n) is 3.82. The summed E-state index contributed by atoms with van der Waals surface area (Å²) in [5.74, 6) is 3.10. The molecule has 3 nitrogen and oxygen atoms in total. The molecular weight excluding hydrogens is 286 g/mol. The van der Waals surface area contributed by atoms with Gasteiger partial charge in [0.05, 0.1) is 5.69 Å². The summed E-state index contributed by atoms with van der Waals surface area (Å²) in [5.41, 5.74) is 1.32. The summed E-state index contributed by atoms with van der Waals surface area (Å²) in [4.78, 5) is 8.92. The number of thioether (sulfide) groups is 1. The van der Waals surface area contributed by atoms with Gasteiger partial charge in [-0.1, -0.05) is 20.8 Å². The Kier molecular flexibility index (Phi) is 6.65. The average molecular weight is 314 g/mol. The Morgan fingerprint density at radius 3 is 2.90 bits per heavy atom. The van der Waals surface area contributed by atoms with E-state index >= 15 is 0 Å². The molecule has 1 atom stereocenters. The first kappa shape index (κ1) is 16.1. The monoisotopic (exact) mass is 313 g/mol. The van der Waals surface area contributed by atoms with Crippen molar-refractivity contribution in [3.05, 3.63) is 10.6 Å². The minimum atomic E-state index is 0.565. The van der Waals surface area contributed by atoms with E-state index in [0.29, 0.717) is 5.92 Å². The SMILES string of the molecule is CCNCc1sc(N2CCCSCC2)nc1C(C)CC. The number of aromatic nitrogens is 1. The highest BCUT2D eigenvalue weighted by Crippen LogP contribution is 2.33. The second-order valence-electron chi connectivity index (χ2n) is 5.35. The van der Waals surface area contributed by atoms with Crippen LogP contribution in [0, 0.1) is 0 Å². The number of nitrogens with one attached hydrogen (secondary N) is 1. The average Bonchev–Trinajstić information content (AvgIpc) is 2.70. The van der Waals surface area contributed by atoms with Crippen molar-refractivity contribution in [1.29, 1.82) is 0 Å². The molecule has 2 rings (SSSR count). The van der Waals surface area contributed by atoms with Crippen LogP contribution in [0.25, 0.3) is 0 Å². The van der Waals surface area contributed by atoms with Crippen LogP contribution in [-0.2, 0) is 6.54 Å². The Bertz CT molecular complexity index is 398. The molecule has 0 bridgehead atoms. The Labute approximate surface area is 131 Å². The van der Waals surface area contributed by atoms with Crippen molar-refractivity contribution in [1.82, 2.24) is 10.3 Å². The summed E-state index contributed by atoms with van der Waals surface area (Å²) in [6.07, 6.45) is 2.45. The second kappa shape index (κ2) is 8.25. The maximum absolute atomic E-state index is 4.99. The molecule has 5 heteroatoms. The first-order valence-corrected chi connectivity index (χ1v) is 9.76. The number of rotatable bonds is 6. The van der Waals surface area contributed by atoms with E-state index in [1.165, 1.54) is 40.2 Å². The molecular formula is C15H27N3S2. The van der Waals surface area contributed by atoms with E-state index in [2.05, 4.69) is 42.7 Å². The zero-order valence-corrected chi connectivity index (χ0v) is 14.6. The lowest BCUT2D eigenvalue weighted by atomic mass is 10.0. The summed E-state index contributed by atoms with van der Waals surface area (Å²) >= 11 is 3.97. The summed E-state index contributed by atoms with van der Waals surface area (Å²) < 4.78 is 0. The standard InChI is InChI=1S/C15H27N3S2/c1-4-12(3)14-13(11-16-5-2)20-15(17-14)18-7-6-9-19-10-8-18/h12,16H,4-11H2,1-3H3. The predicted molar refractivity (Wildman–Crippen MR) is 92.4 cm³/mol. The Morgan fingerprint density at radius 2 is 2.15 bits per heavy atom. The molecule has 1 N–H and O–H groups in total. The molecule has 1 aromatic heterocycles. The molecule has 0 saturated carbocycles. The topological polar surface area (TPSA) is 28.2 Å². The first-order chi connectivity index (χ1) is 9.76. The molecule has 1 saturated heterocycles. The van der Waals surface area contributed by atoms with Crippen LogP contribution >= 0.6 is 23.1 Å². The van der Waals surface area contributed by atoms with Crippen molar-refractivity contribution in [2.75, 3.05) is 36.0 Å². The molecule has 2 heterocycles. The van der Waals surface area contributed by atoms with Gasteiger partial charge in [-0.3, -0.25) is 0 Å². The summed E-state index contributed by atoms with van der Waals surface area (Å²) in [7, 11) is 0. The van der Waals surface area contributed by atoms with Crippen LogP contribution in [0.3, 0.4) is 0 Å². The summed E-state index contributed by atoms with van der Waals surface area (Å²) in [5, 5.41) is 4.71. The quantitative estimate of drug-likeness (QED) is 0.866. The van der Waals surface area contributed by atoms with Crippen LogP contribution in [0.1, 0.15) is 50.1 Å². The van der Waals surface area contributed by atoms with Gasteiger partial charge in [0.1, 0.15) is 0 Å². The van der Waals surface area contributed by atoms with E-state index in [0.717, 1.165) is 26.1 Å². The zero-order chi connectivity index (χ0) is 14.4. The minimum Gasteiger partial charge on any atom is -0.347 e. The van der Waals surface area contributed by atoms with E-state index in [9.17, 15) is 0 Å². The number of hydrogen-bond acceptors (Lipinski definition) is 5. The molecule has 0 spiro atoms. The fourth-order valence-electron chi connectivity index (χ4n) is 2.37. The van der Waals surface area contributed by atoms with E-state index in [1.54, 1.807) is 0 Å². The van der Waals surface area contributed by atoms with Gasteiger partial charge >= 0.3 is 0 Å². The lowest BCUT2D eigenvalue weighted by Crippen LogP contribution is -2.25. The van der Waals surface area contributed by atoms with Crippen molar-refractivity contribution in [3.8, 4) is 0 Å². The maximum atomic E-state index is 4.99. The highest BCUT2D eigenvalue weighted by Gasteiger charge is 2.20. The maximum Gasteiger partial charge on any atom is 0.185 e. The van der Waals surface area contributed by atoms with Gasteiger partial charge in [0, 0.05) is 30.3 Å². The molecule has 0 radical (unpaired) electrons. The Balaban J connectivity index is 2.17. The Hall–Kier alpha value is -0.260. The van der Waals surface area contributed by atoms with Crippen LogP contribution in [-0.4, -0.2) is 36.1 Å². The van der Waals surface area contributed by atoms with Gasteiger partial charge in [-0.05, 0) is 31.1 Å². The smallest absolute Gasteiger partial charge is 0.185 e. The zero-order valence-electron chi connectivity index (χ0n) is 12.9. The number of anilines is 1. The third kappa shape index (κ3) is 4.12. The van der Waals surface area contributed by atoms with Gasteiger partial charge < -0.3 is 10.2 Å². The summed E-state index contributed by atoms with van der Waals surface area (Å²) in [6, 6.07) is 0. The molecule has 20 heavy (non-hydrogen) atoms. The fourth-order valence-corrected chi connectivity index (χ4v) is 4.46. The molecule has 114 valence electrons. The van der Waals surface area contributed by atoms with Crippen molar-refractivity contribution in [3.63, 3.8) is 0 Å². The van der Waals surface area contributed by atoms with Gasteiger partial charge in [-0.25, -0.2) is 4.98 Å². The van der Waals surface area contributed by atoms with Crippen molar-refractivity contribution < 1.29 is 0 Å². The minimum absolute atomic E-state index is 0.565. The molecule has 1 unspecified atom stereocenters. The normalized spacial score (nSPS) is 18.1. The lowest BCUT2D eigenvalue weighted by Gasteiger charge is -2.18. The van der Waals surface area contributed by atoms with Crippen LogP contribution in [0.4, 0.5) is 5.13 Å². The second-order valence-corrected chi connectivity index (χ2v) is 7.63. The molecule has 0 aromatic carbocycles. The molecule has 1 aliphatic heterocycles. The first-order valence-electron chi connectivity index (χ1n) is 7.79. The van der Waals surface area contributed by atoms with Crippen molar-refractivity contribution in [2.45, 2.75) is 46.1 Å². The van der Waals surface area contributed by atoms with E-state index in [1.807, 2.05) is 11.3 Å². The number of hydrogen-bond donors (Lipinski definition) is 1. The largest absolute Gasteiger partial charge is 0.347 e. The van der Waals surface area contributed by atoms with Gasteiger partial charge in [0.15, 0.2) is 5.13 Å². The van der Waals surface area contributed by atoms with Gasteiger partial charge in [-0.2, -0.15) is 11.8 Å². The molecule has 0 aliphatic carbocycles. The van der Waals surface area contributed by atoms with Crippen molar-refractivity contribution in [2.24, 2.45) is 0 Å². The highest BCUT2D eigenvalue weighted by molar-refractivity contribution is 7.99. The van der Waals surface area contributed by atoms with Crippen LogP contribution in [0.2, 0.25) is 0 Å². The fraction of sp³-hybridized carbons (Fsp3) is 0.800. The van der Waals surface area contributed by atoms with E-state index in [4.69, 9.17) is 4.98 Å². The van der Waals surface area contributed by atoms with Crippen molar-refractivity contribution >= 4 is 28.2 Å².